The number of nitrogens with zero attached hydrogens (tertiary/aromatic N) is 1. The molecule has 1 aromatic heterocycles. The largest absolute Gasteiger partial charge is 0.383 e. The van der Waals surface area contributed by atoms with Crippen LogP contribution in [0.15, 0.2) is 29.1 Å². The van der Waals surface area contributed by atoms with Crippen molar-refractivity contribution in [3.8, 4) is 0 Å². The Bertz CT molecular complexity index is 842. The lowest BCUT2D eigenvalue weighted by molar-refractivity contribution is -0.108. The third kappa shape index (κ3) is 3.83. The number of benzene rings is 1. The van der Waals surface area contributed by atoms with Gasteiger partial charge in [-0.25, -0.2) is 0 Å². The van der Waals surface area contributed by atoms with E-state index in [4.69, 9.17) is 11.5 Å². The minimum absolute atomic E-state index is 0.0404. The predicted octanol–water partition coefficient (Wildman–Crippen LogP) is -0.364. The van der Waals surface area contributed by atoms with Gasteiger partial charge in [0.25, 0.3) is 11.5 Å². The number of Topliss-reactive ketones (excluding diaryl/α,β-unsaturated/α-hetero) is 1. The first kappa shape index (κ1) is 16.9. The Hall–Kier alpha value is -3.49. The Morgan fingerprint density at radius 1 is 1.21 bits per heavy atom. The molecule has 0 saturated heterocycles. The molecule has 1 aromatic carbocycles. The summed E-state index contributed by atoms with van der Waals surface area (Å²) in [5.41, 5.74) is 11.1. The van der Waals surface area contributed by atoms with Gasteiger partial charge in [-0.3, -0.25) is 29.5 Å². The molecule has 0 aliphatic rings. The standard InChI is InChI=1S/C15H15N5O4/c16-12-11(14(24)20-15(17)19-12)10(22)6-3-8-1-4-9(5-2-8)13(23)18-7-21/h1-2,4-5,7H,3,6H2,(H,18,21,23)(H5,16,17,19,20,24). The molecule has 0 fully saturated rings. The zero-order chi connectivity index (χ0) is 17.7. The predicted molar refractivity (Wildman–Crippen MR) is 86.3 cm³/mol. The van der Waals surface area contributed by atoms with E-state index in [1.807, 2.05) is 5.32 Å². The normalized spacial score (nSPS) is 10.2. The maximum atomic E-state index is 12.1. The molecule has 0 aliphatic carbocycles. The second kappa shape index (κ2) is 7.18. The van der Waals surface area contributed by atoms with E-state index in [9.17, 15) is 19.2 Å². The van der Waals surface area contributed by atoms with Crippen molar-refractivity contribution in [3.05, 3.63) is 51.3 Å². The van der Waals surface area contributed by atoms with Crippen molar-refractivity contribution >= 4 is 29.9 Å². The van der Waals surface area contributed by atoms with E-state index in [-0.39, 0.29) is 23.8 Å². The van der Waals surface area contributed by atoms with Gasteiger partial charge >= 0.3 is 0 Å². The molecule has 0 bridgehead atoms. The molecule has 0 saturated carbocycles. The topological polar surface area (TPSA) is 161 Å². The molecule has 0 unspecified atom stereocenters. The number of nitrogen functional groups attached to an aromatic ring is 2. The molecule has 0 aliphatic heterocycles. The highest BCUT2D eigenvalue weighted by Gasteiger charge is 2.16. The number of nitrogens with two attached hydrogens (primary N) is 2. The number of rotatable bonds is 6. The van der Waals surface area contributed by atoms with Crippen molar-refractivity contribution in [3.63, 3.8) is 0 Å². The first-order chi connectivity index (χ1) is 11.4. The molecule has 24 heavy (non-hydrogen) atoms. The molecule has 2 amide bonds. The zero-order valence-electron chi connectivity index (χ0n) is 12.5. The van der Waals surface area contributed by atoms with Crippen LogP contribution in [0.25, 0.3) is 0 Å². The average molecular weight is 329 g/mol. The van der Waals surface area contributed by atoms with Crippen LogP contribution in [-0.4, -0.2) is 28.1 Å². The summed E-state index contributed by atoms with van der Waals surface area (Å²) in [6.45, 7) is 0. The summed E-state index contributed by atoms with van der Waals surface area (Å²) in [5.74, 6) is -1.33. The average Bonchev–Trinajstić information content (AvgIpc) is 2.52. The Morgan fingerprint density at radius 3 is 2.46 bits per heavy atom. The number of anilines is 2. The summed E-state index contributed by atoms with van der Waals surface area (Å²) < 4.78 is 0. The van der Waals surface area contributed by atoms with Crippen LogP contribution < -0.4 is 22.3 Å². The molecule has 6 N–H and O–H groups in total. The lowest BCUT2D eigenvalue weighted by Crippen LogP contribution is -2.23. The Morgan fingerprint density at radius 2 is 1.88 bits per heavy atom. The monoisotopic (exact) mass is 329 g/mol. The van der Waals surface area contributed by atoms with Gasteiger partial charge in [0.1, 0.15) is 11.4 Å². The number of carbonyl (C=O) groups is 3. The number of aryl methyl sites for hydroxylation is 1. The van der Waals surface area contributed by atoms with Crippen LogP contribution in [0.3, 0.4) is 0 Å². The fourth-order valence-electron chi connectivity index (χ4n) is 2.12. The number of aromatic amines is 1. The number of ketones is 1. The first-order valence-corrected chi connectivity index (χ1v) is 6.94. The van der Waals surface area contributed by atoms with Gasteiger partial charge in [0.2, 0.25) is 12.4 Å². The number of carbonyl (C=O) groups excluding carboxylic acids is 3. The van der Waals surface area contributed by atoms with Gasteiger partial charge in [0, 0.05) is 12.0 Å². The van der Waals surface area contributed by atoms with Crippen molar-refractivity contribution < 1.29 is 14.4 Å². The number of aromatic nitrogens is 2. The number of hydrogen-bond donors (Lipinski definition) is 4. The van der Waals surface area contributed by atoms with Gasteiger partial charge in [-0.1, -0.05) is 12.1 Å². The van der Waals surface area contributed by atoms with E-state index in [0.29, 0.717) is 18.4 Å². The number of H-pyrrole nitrogens is 1. The lowest BCUT2D eigenvalue weighted by Gasteiger charge is -2.05. The van der Waals surface area contributed by atoms with Crippen LogP contribution in [0.2, 0.25) is 0 Å². The fraction of sp³-hybridized carbons (Fsp3) is 0.133. The summed E-state index contributed by atoms with van der Waals surface area (Å²) in [6.07, 6.45) is 0.688. The number of imide groups is 1. The summed E-state index contributed by atoms with van der Waals surface area (Å²) in [4.78, 5) is 51.5. The second-order valence-corrected chi connectivity index (χ2v) is 4.92. The molecule has 2 rings (SSSR count). The van der Waals surface area contributed by atoms with Crippen LogP contribution in [-0.2, 0) is 11.2 Å². The van der Waals surface area contributed by atoms with Crippen LogP contribution >= 0.6 is 0 Å². The molecule has 9 heteroatoms. The quantitative estimate of drug-likeness (QED) is 0.415. The molecule has 0 radical (unpaired) electrons. The smallest absolute Gasteiger partial charge is 0.265 e. The first-order valence-electron chi connectivity index (χ1n) is 6.94. The van der Waals surface area contributed by atoms with Crippen LogP contribution in [0.5, 0.6) is 0 Å². The lowest BCUT2D eigenvalue weighted by atomic mass is 10.0. The zero-order valence-corrected chi connectivity index (χ0v) is 12.5. The molecule has 9 nitrogen and oxygen atoms in total. The minimum atomic E-state index is -0.675. The van der Waals surface area contributed by atoms with E-state index in [2.05, 4.69) is 9.97 Å². The third-order valence-electron chi connectivity index (χ3n) is 3.29. The van der Waals surface area contributed by atoms with Crippen LogP contribution in [0.1, 0.15) is 32.7 Å². The van der Waals surface area contributed by atoms with Gasteiger partial charge in [-0.05, 0) is 24.1 Å². The Balaban J connectivity index is 2.06. The van der Waals surface area contributed by atoms with Crippen LogP contribution in [0.4, 0.5) is 11.8 Å². The second-order valence-electron chi connectivity index (χ2n) is 4.92. The van der Waals surface area contributed by atoms with Gasteiger partial charge < -0.3 is 11.5 Å². The highest BCUT2D eigenvalue weighted by atomic mass is 16.2. The molecule has 0 spiro atoms. The Kier molecular flexibility index (Phi) is 5.05. The molecule has 1 heterocycles. The Labute approximate surface area is 136 Å². The van der Waals surface area contributed by atoms with Gasteiger partial charge in [0.15, 0.2) is 5.78 Å². The number of hydrogen-bond acceptors (Lipinski definition) is 7. The van der Waals surface area contributed by atoms with Crippen molar-refractivity contribution in [2.24, 2.45) is 0 Å². The van der Waals surface area contributed by atoms with E-state index < -0.39 is 17.2 Å². The third-order valence-corrected chi connectivity index (χ3v) is 3.29. The molecular formula is C15H15N5O4. The fourth-order valence-corrected chi connectivity index (χ4v) is 2.12. The van der Waals surface area contributed by atoms with E-state index in [0.717, 1.165) is 5.56 Å². The number of amides is 2. The van der Waals surface area contributed by atoms with Gasteiger partial charge in [-0.15, -0.1) is 0 Å². The summed E-state index contributed by atoms with van der Waals surface area (Å²) in [5, 5.41) is 2.03. The van der Waals surface area contributed by atoms with Crippen molar-refractivity contribution in [2.75, 3.05) is 11.5 Å². The maximum Gasteiger partial charge on any atom is 0.265 e. The molecular weight excluding hydrogens is 314 g/mol. The van der Waals surface area contributed by atoms with Gasteiger partial charge in [-0.2, -0.15) is 4.98 Å². The molecule has 0 atom stereocenters. The number of nitrogens with one attached hydrogen (secondary N) is 2. The summed E-state index contributed by atoms with van der Waals surface area (Å²) >= 11 is 0. The molecule has 124 valence electrons. The van der Waals surface area contributed by atoms with Gasteiger partial charge in [0.05, 0.1) is 0 Å². The summed E-state index contributed by atoms with van der Waals surface area (Å²) in [6, 6.07) is 6.37. The maximum absolute atomic E-state index is 12.1. The SMILES string of the molecule is Nc1nc(N)c(C(=O)CCc2ccc(C(=O)NC=O)cc2)c(=O)[nH]1. The van der Waals surface area contributed by atoms with E-state index in [1.54, 1.807) is 12.1 Å². The summed E-state index contributed by atoms with van der Waals surface area (Å²) in [7, 11) is 0. The van der Waals surface area contributed by atoms with Crippen molar-refractivity contribution in [1.29, 1.82) is 0 Å². The van der Waals surface area contributed by atoms with Crippen molar-refractivity contribution in [1.82, 2.24) is 15.3 Å². The van der Waals surface area contributed by atoms with E-state index in [1.165, 1.54) is 12.1 Å². The highest BCUT2D eigenvalue weighted by Crippen LogP contribution is 2.11. The van der Waals surface area contributed by atoms with Crippen molar-refractivity contribution in [2.45, 2.75) is 12.8 Å². The van der Waals surface area contributed by atoms with Crippen LogP contribution in [0, 0.1) is 0 Å². The highest BCUT2D eigenvalue weighted by molar-refractivity contribution is 6.00. The van der Waals surface area contributed by atoms with E-state index >= 15 is 0 Å². The minimum Gasteiger partial charge on any atom is -0.383 e. The molecule has 2 aromatic rings.